The molecule has 1 aromatic rings. The molecule has 0 saturated heterocycles. The fourth-order valence-electron chi connectivity index (χ4n) is 1.48. The molecule has 1 atom stereocenters. The van der Waals surface area contributed by atoms with E-state index in [2.05, 4.69) is 34.9 Å². The number of anilines is 1. The maximum atomic E-state index is 4.50. The van der Waals surface area contributed by atoms with Crippen molar-refractivity contribution in [2.45, 2.75) is 40.5 Å². The molecule has 0 radical (unpaired) electrons. The van der Waals surface area contributed by atoms with E-state index in [1.54, 1.807) is 12.4 Å². The molecule has 20 heavy (non-hydrogen) atoms. The first-order valence-electron chi connectivity index (χ1n) is 5.95. The monoisotopic (exact) mass is 312 g/mol. The summed E-state index contributed by atoms with van der Waals surface area (Å²) in [6.07, 6.45) is 7.26. The van der Waals surface area contributed by atoms with E-state index in [0.717, 1.165) is 18.4 Å². The number of nitrogens with zero attached hydrogens (tertiary/aromatic N) is 2. The summed E-state index contributed by atoms with van der Waals surface area (Å²) in [4.78, 5) is 8.25. The highest BCUT2D eigenvalue weighted by Gasteiger charge is 2.04. The molecule has 0 aliphatic carbocycles. The topological polar surface area (TPSA) is 127 Å². The van der Waals surface area contributed by atoms with Gasteiger partial charge in [-0.2, -0.15) is 13.5 Å². The maximum Gasteiger partial charge on any atom is 0.222 e. The minimum absolute atomic E-state index is 0. The fourth-order valence-corrected chi connectivity index (χ4v) is 1.48. The van der Waals surface area contributed by atoms with Crippen molar-refractivity contribution in [3.63, 3.8) is 0 Å². The number of rotatable bonds is 6. The van der Waals surface area contributed by atoms with E-state index < -0.39 is 0 Å². The Bertz CT molecular complexity index is 259. The number of hydrogen-bond acceptors (Lipinski definition) is 4. The van der Waals surface area contributed by atoms with Gasteiger partial charge in [-0.25, -0.2) is 9.97 Å². The molecule has 1 rings (SSSR count). The second-order valence-corrected chi connectivity index (χ2v) is 3.52. The Kier molecular flexibility index (Phi) is 36.6. The van der Waals surface area contributed by atoms with Gasteiger partial charge in [0.1, 0.15) is 0 Å². The summed E-state index contributed by atoms with van der Waals surface area (Å²) in [5, 5.41) is 3.26. The number of hydrogen-bond donors (Lipinski definition) is 2. The van der Waals surface area contributed by atoms with Crippen molar-refractivity contribution in [2.75, 3.05) is 18.9 Å². The van der Waals surface area contributed by atoms with E-state index in [-0.39, 0.29) is 33.3 Å². The molecule has 7 heteroatoms. The van der Waals surface area contributed by atoms with Gasteiger partial charge in [-0.05, 0) is 25.5 Å². The largest absolute Gasteiger partial charge is 0.412 e. The molecule has 0 aromatic carbocycles. The molecule has 126 valence electrons. The Hall–Kier alpha value is -0.890. The van der Waals surface area contributed by atoms with Gasteiger partial charge in [-0.1, -0.05) is 34.1 Å². The summed E-state index contributed by atoms with van der Waals surface area (Å²) >= 11 is 0. The molecule has 0 aliphatic rings. The third kappa shape index (κ3) is 15.2. The van der Waals surface area contributed by atoms with Crippen LogP contribution in [0.4, 0.5) is 5.95 Å². The van der Waals surface area contributed by atoms with Gasteiger partial charge in [0, 0.05) is 20.4 Å². The van der Waals surface area contributed by atoms with E-state index >= 15 is 0 Å². The summed E-state index contributed by atoms with van der Waals surface area (Å²) in [5.74, 6) is 1.48. The van der Waals surface area contributed by atoms with Gasteiger partial charge in [0.2, 0.25) is 5.95 Å². The Morgan fingerprint density at radius 1 is 1.20 bits per heavy atom. The number of aromatic nitrogens is 2. The summed E-state index contributed by atoms with van der Waals surface area (Å²) in [6, 6.07) is 1.83. The quantitative estimate of drug-likeness (QED) is 0.827. The highest BCUT2D eigenvalue weighted by atomic mass is 32.1. The van der Waals surface area contributed by atoms with Crippen LogP contribution in [0.3, 0.4) is 0 Å². The van der Waals surface area contributed by atoms with Gasteiger partial charge in [-0.15, -0.1) is 0 Å². The molecule has 0 amide bonds. The van der Waals surface area contributed by atoms with Gasteiger partial charge < -0.3 is 22.0 Å². The first-order chi connectivity index (χ1) is 7.86. The lowest BCUT2D eigenvalue weighted by Gasteiger charge is -2.14. The van der Waals surface area contributed by atoms with Gasteiger partial charge in [0.05, 0.1) is 0 Å². The minimum atomic E-state index is 0. The van der Waals surface area contributed by atoms with Crippen LogP contribution in [0.5, 0.6) is 0 Å². The number of nitrogens with two attached hydrogens (primary N) is 1. The zero-order valence-electron chi connectivity index (χ0n) is 12.1. The first-order valence-corrected chi connectivity index (χ1v) is 5.95. The lowest BCUT2D eigenvalue weighted by molar-refractivity contribution is 0.486. The smallest absolute Gasteiger partial charge is 0.222 e. The predicted octanol–water partition coefficient (Wildman–Crippen LogP) is 1.64. The molecule has 1 aromatic heterocycles. The molecule has 0 bridgehead atoms. The normalized spacial score (nSPS) is 9.00. The summed E-state index contributed by atoms with van der Waals surface area (Å²) in [7, 11) is 1.50. The van der Waals surface area contributed by atoms with Crippen LogP contribution >= 0.6 is 13.5 Å². The molecule has 7 N–H and O–H groups in total. The molecule has 0 spiro atoms. The van der Waals surface area contributed by atoms with E-state index in [0.29, 0.717) is 0 Å². The Morgan fingerprint density at radius 2 is 1.70 bits per heavy atom. The third-order valence-corrected chi connectivity index (χ3v) is 2.39. The molecule has 0 aliphatic heterocycles. The van der Waals surface area contributed by atoms with E-state index in [1.165, 1.54) is 26.3 Å². The SMILES string of the molecule is C.CCC[C@H](CC)CNc1ncccn1.CN.O.O.S.[HH]. The molecular weight excluding hydrogens is 276 g/mol. The first kappa shape index (κ1) is 31.5. The van der Waals surface area contributed by atoms with Crippen LogP contribution in [0, 0.1) is 5.92 Å². The van der Waals surface area contributed by atoms with Crippen LogP contribution in [0.25, 0.3) is 0 Å². The van der Waals surface area contributed by atoms with Gasteiger partial charge in [-0.3, -0.25) is 0 Å². The Labute approximate surface area is 132 Å². The zero-order chi connectivity index (χ0) is 12.2. The Morgan fingerprint density at radius 3 is 2.10 bits per heavy atom. The van der Waals surface area contributed by atoms with Crippen molar-refractivity contribution >= 4 is 19.4 Å². The van der Waals surface area contributed by atoms with E-state index in [9.17, 15) is 0 Å². The van der Waals surface area contributed by atoms with Crippen LogP contribution in [-0.2, 0) is 0 Å². The van der Waals surface area contributed by atoms with Gasteiger partial charge >= 0.3 is 0 Å². The highest BCUT2D eigenvalue weighted by molar-refractivity contribution is 7.59. The molecule has 0 unspecified atom stereocenters. The van der Waals surface area contributed by atoms with Crippen molar-refractivity contribution in [3.05, 3.63) is 18.5 Å². The highest BCUT2D eigenvalue weighted by Crippen LogP contribution is 2.10. The second kappa shape index (κ2) is 23.2. The van der Waals surface area contributed by atoms with Crippen molar-refractivity contribution < 1.29 is 12.4 Å². The van der Waals surface area contributed by atoms with Crippen LogP contribution < -0.4 is 11.1 Å². The summed E-state index contributed by atoms with van der Waals surface area (Å²) in [5.41, 5.74) is 4.50. The predicted molar refractivity (Wildman–Crippen MR) is 95.8 cm³/mol. The van der Waals surface area contributed by atoms with Gasteiger partial charge in [0.15, 0.2) is 0 Å². The Balaban J connectivity index is -0.0000000770. The van der Waals surface area contributed by atoms with Gasteiger partial charge in [0.25, 0.3) is 0 Å². The maximum absolute atomic E-state index is 4.50. The summed E-state index contributed by atoms with van der Waals surface area (Å²) in [6.45, 7) is 5.43. The number of nitrogens with one attached hydrogen (secondary N) is 1. The van der Waals surface area contributed by atoms with Crippen molar-refractivity contribution in [2.24, 2.45) is 11.7 Å². The molecule has 1 heterocycles. The van der Waals surface area contributed by atoms with Crippen LogP contribution in [0.15, 0.2) is 18.5 Å². The van der Waals surface area contributed by atoms with Crippen LogP contribution in [0.2, 0.25) is 0 Å². The lowest BCUT2D eigenvalue weighted by Crippen LogP contribution is -2.14. The third-order valence-electron chi connectivity index (χ3n) is 2.39. The molecular formula is C13H36N4O2S. The molecule has 6 nitrogen and oxygen atoms in total. The van der Waals surface area contributed by atoms with Crippen molar-refractivity contribution in [1.82, 2.24) is 9.97 Å². The van der Waals surface area contributed by atoms with Crippen LogP contribution in [0.1, 0.15) is 42.0 Å². The van der Waals surface area contributed by atoms with E-state index in [4.69, 9.17) is 0 Å². The minimum Gasteiger partial charge on any atom is -0.412 e. The standard InChI is InChI=1S/C11H19N3.CH5N.CH4.2H2O.H2S.H2/c1-3-6-10(4-2)9-14-11-12-7-5-8-13-11;1-2;;;;;/h5,7-8,10H,3-4,6,9H2,1-2H3,(H,12,13,14);2H2,1H3;1H4;3*1H2;1H/t10-;;;;;;/m0....../s1. The summed E-state index contributed by atoms with van der Waals surface area (Å²) < 4.78 is 0. The fraction of sp³-hybridized carbons (Fsp3) is 0.692. The molecule has 0 saturated carbocycles. The second-order valence-electron chi connectivity index (χ2n) is 3.52. The average molecular weight is 313 g/mol. The van der Waals surface area contributed by atoms with Crippen molar-refractivity contribution in [1.29, 1.82) is 0 Å². The lowest BCUT2D eigenvalue weighted by atomic mass is 10.0. The molecule has 0 fully saturated rings. The van der Waals surface area contributed by atoms with E-state index in [1.807, 2.05) is 6.07 Å². The zero-order valence-corrected chi connectivity index (χ0v) is 13.1. The van der Waals surface area contributed by atoms with Crippen molar-refractivity contribution in [3.8, 4) is 0 Å². The average Bonchev–Trinajstić information content (AvgIpc) is 2.38. The van der Waals surface area contributed by atoms with Crippen LogP contribution in [-0.4, -0.2) is 34.5 Å².